The van der Waals surface area contributed by atoms with Crippen molar-refractivity contribution in [3.05, 3.63) is 12.2 Å². The van der Waals surface area contributed by atoms with Crippen molar-refractivity contribution in [3.8, 4) is 0 Å². The third-order valence-corrected chi connectivity index (χ3v) is 3.00. The molecule has 0 aromatic heterocycles. The maximum atomic E-state index is 11.0. The van der Waals surface area contributed by atoms with Gasteiger partial charge in [0.1, 0.15) is 0 Å². The molecule has 0 unspecified atom stereocenters. The van der Waals surface area contributed by atoms with Gasteiger partial charge in [-0.05, 0) is 32.7 Å². The Bertz CT molecular complexity index is 232. The van der Waals surface area contributed by atoms with Gasteiger partial charge in [0.25, 0.3) is 0 Å². The van der Waals surface area contributed by atoms with Crippen LogP contribution in [-0.4, -0.2) is 37.6 Å². The van der Waals surface area contributed by atoms with E-state index in [1.54, 1.807) is 0 Å². The molecule has 0 aliphatic heterocycles. The number of carbonyl (C=O) groups excluding carboxylic acids is 1. The first kappa shape index (κ1) is 13.2. The highest BCUT2D eigenvalue weighted by molar-refractivity contribution is 5.81. The van der Waals surface area contributed by atoms with Crippen LogP contribution in [0, 0.1) is 5.92 Å². The first-order chi connectivity index (χ1) is 7.72. The van der Waals surface area contributed by atoms with E-state index in [0.29, 0.717) is 6.61 Å². The van der Waals surface area contributed by atoms with Crippen molar-refractivity contribution in [2.45, 2.75) is 32.6 Å². The highest BCUT2D eigenvalue weighted by Crippen LogP contribution is 2.24. The molecule has 3 heteroatoms. The van der Waals surface area contributed by atoms with Gasteiger partial charge in [0.15, 0.2) is 0 Å². The summed E-state index contributed by atoms with van der Waals surface area (Å²) in [6.07, 6.45) is 8.91. The third-order valence-electron chi connectivity index (χ3n) is 3.00. The summed E-state index contributed by atoms with van der Waals surface area (Å²) in [5.74, 6) is 0.623. The lowest BCUT2D eigenvalue weighted by Crippen LogP contribution is -2.24. The van der Waals surface area contributed by atoms with E-state index in [2.05, 4.69) is 11.9 Å². The van der Waals surface area contributed by atoms with Crippen molar-refractivity contribution >= 4 is 5.97 Å². The summed E-state index contributed by atoms with van der Waals surface area (Å²) in [4.78, 5) is 13.3. The van der Waals surface area contributed by atoms with E-state index < -0.39 is 0 Å². The van der Waals surface area contributed by atoms with Crippen LogP contribution >= 0.6 is 0 Å². The van der Waals surface area contributed by atoms with Gasteiger partial charge in [-0.1, -0.05) is 18.9 Å². The van der Waals surface area contributed by atoms with Crippen molar-refractivity contribution < 1.29 is 9.53 Å². The second-order valence-corrected chi connectivity index (χ2v) is 4.53. The molecule has 0 heterocycles. The van der Waals surface area contributed by atoms with Gasteiger partial charge in [-0.25, -0.2) is 4.79 Å². The minimum atomic E-state index is -0.239. The zero-order valence-corrected chi connectivity index (χ0v) is 10.4. The monoisotopic (exact) mass is 225 g/mol. The average Bonchev–Trinajstić information content (AvgIpc) is 2.70. The molecule has 1 aliphatic rings. The molecule has 0 atom stereocenters. The molecule has 1 saturated carbocycles. The lowest BCUT2D eigenvalue weighted by atomic mass is 10.1. The first-order valence-corrected chi connectivity index (χ1v) is 6.24. The van der Waals surface area contributed by atoms with Crippen LogP contribution in [0.3, 0.4) is 0 Å². The fraction of sp³-hybridized carbons (Fsp3) is 0.769. The topological polar surface area (TPSA) is 29.5 Å². The standard InChI is InChI=1S/C13H23NO2/c1-3-16-13(15)9-6-10-14(2)11-12-7-4-5-8-12/h6,9,12H,3-5,7-8,10-11H2,1-2H3/b9-6+. The minimum Gasteiger partial charge on any atom is -0.463 e. The van der Waals surface area contributed by atoms with E-state index in [1.165, 1.54) is 31.8 Å². The fourth-order valence-electron chi connectivity index (χ4n) is 2.23. The molecule has 1 rings (SSSR count). The number of rotatable bonds is 6. The number of carbonyl (C=O) groups is 1. The van der Waals surface area contributed by atoms with Crippen LogP contribution in [0.25, 0.3) is 0 Å². The lowest BCUT2D eigenvalue weighted by Gasteiger charge is -2.18. The quantitative estimate of drug-likeness (QED) is 0.513. The predicted octanol–water partition coefficient (Wildman–Crippen LogP) is 2.23. The maximum absolute atomic E-state index is 11.0. The number of ether oxygens (including phenoxy) is 1. The second kappa shape index (κ2) is 7.44. The van der Waals surface area contributed by atoms with E-state index in [0.717, 1.165) is 19.0 Å². The van der Waals surface area contributed by atoms with Gasteiger partial charge in [-0.2, -0.15) is 0 Å². The number of hydrogen-bond donors (Lipinski definition) is 0. The predicted molar refractivity (Wildman–Crippen MR) is 65.2 cm³/mol. The molecule has 1 aliphatic carbocycles. The highest BCUT2D eigenvalue weighted by Gasteiger charge is 2.15. The molecule has 0 spiro atoms. The van der Waals surface area contributed by atoms with Crippen molar-refractivity contribution in [2.24, 2.45) is 5.92 Å². The summed E-state index contributed by atoms with van der Waals surface area (Å²) in [6, 6.07) is 0. The Morgan fingerprint density at radius 2 is 2.12 bits per heavy atom. The van der Waals surface area contributed by atoms with Gasteiger partial charge in [-0.3, -0.25) is 0 Å². The highest BCUT2D eigenvalue weighted by atomic mass is 16.5. The molecular weight excluding hydrogens is 202 g/mol. The van der Waals surface area contributed by atoms with Crippen LogP contribution in [0.2, 0.25) is 0 Å². The molecule has 0 aromatic carbocycles. The second-order valence-electron chi connectivity index (χ2n) is 4.53. The average molecular weight is 225 g/mol. The van der Waals surface area contributed by atoms with Crippen LogP contribution in [0.4, 0.5) is 0 Å². The molecule has 0 saturated heterocycles. The van der Waals surface area contributed by atoms with Gasteiger partial charge >= 0.3 is 5.97 Å². The molecule has 16 heavy (non-hydrogen) atoms. The van der Waals surface area contributed by atoms with Crippen molar-refractivity contribution in [2.75, 3.05) is 26.7 Å². The number of esters is 1. The molecule has 3 nitrogen and oxygen atoms in total. The molecule has 1 fully saturated rings. The van der Waals surface area contributed by atoms with Gasteiger partial charge in [-0.15, -0.1) is 0 Å². The summed E-state index contributed by atoms with van der Waals surface area (Å²) in [5, 5.41) is 0. The third kappa shape index (κ3) is 5.31. The molecule has 0 N–H and O–H groups in total. The summed E-state index contributed by atoms with van der Waals surface area (Å²) in [6.45, 7) is 4.24. The molecule has 0 radical (unpaired) electrons. The van der Waals surface area contributed by atoms with Gasteiger partial charge in [0.2, 0.25) is 0 Å². The van der Waals surface area contributed by atoms with Gasteiger partial charge in [0.05, 0.1) is 6.61 Å². The van der Waals surface area contributed by atoms with E-state index in [9.17, 15) is 4.79 Å². The molecule has 0 aromatic rings. The Morgan fingerprint density at radius 1 is 1.44 bits per heavy atom. The Balaban J connectivity index is 2.13. The van der Waals surface area contributed by atoms with E-state index in [-0.39, 0.29) is 5.97 Å². The first-order valence-electron chi connectivity index (χ1n) is 6.24. The van der Waals surface area contributed by atoms with Crippen molar-refractivity contribution in [3.63, 3.8) is 0 Å². The van der Waals surface area contributed by atoms with E-state index in [1.807, 2.05) is 13.0 Å². The molecule has 0 bridgehead atoms. The fourth-order valence-corrected chi connectivity index (χ4v) is 2.23. The Hall–Kier alpha value is -0.830. The summed E-state index contributed by atoms with van der Waals surface area (Å²) in [7, 11) is 2.10. The summed E-state index contributed by atoms with van der Waals surface area (Å²) >= 11 is 0. The van der Waals surface area contributed by atoms with Crippen LogP contribution in [0.15, 0.2) is 12.2 Å². The van der Waals surface area contributed by atoms with Gasteiger partial charge < -0.3 is 9.64 Å². The summed E-state index contributed by atoms with van der Waals surface area (Å²) in [5.41, 5.74) is 0. The van der Waals surface area contributed by atoms with E-state index >= 15 is 0 Å². The van der Waals surface area contributed by atoms with Crippen LogP contribution in [0.5, 0.6) is 0 Å². The molecule has 0 amide bonds. The Morgan fingerprint density at radius 3 is 2.75 bits per heavy atom. The van der Waals surface area contributed by atoms with Crippen LogP contribution in [0.1, 0.15) is 32.6 Å². The van der Waals surface area contributed by atoms with E-state index in [4.69, 9.17) is 4.74 Å². The molecular formula is C13H23NO2. The normalized spacial score (nSPS) is 17.4. The molecule has 92 valence electrons. The van der Waals surface area contributed by atoms with Crippen molar-refractivity contribution in [1.29, 1.82) is 0 Å². The lowest BCUT2D eigenvalue weighted by molar-refractivity contribution is -0.137. The van der Waals surface area contributed by atoms with Gasteiger partial charge in [0, 0.05) is 19.2 Å². The number of hydrogen-bond acceptors (Lipinski definition) is 3. The van der Waals surface area contributed by atoms with Crippen molar-refractivity contribution in [1.82, 2.24) is 4.90 Å². The number of nitrogens with zero attached hydrogens (tertiary/aromatic N) is 1. The SMILES string of the molecule is CCOC(=O)/C=C/CN(C)CC1CCCC1. The number of likely N-dealkylation sites (N-methyl/N-ethyl adjacent to an activating group) is 1. The minimum absolute atomic E-state index is 0.239. The Kier molecular flexibility index (Phi) is 6.16. The van der Waals surface area contributed by atoms with Crippen LogP contribution < -0.4 is 0 Å². The summed E-state index contributed by atoms with van der Waals surface area (Å²) < 4.78 is 4.81. The zero-order chi connectivity index (χ0) is 11.8. The largest absolute Gasteiger partial charge is 0.463 e. The maximum Gasteiger partial charge on any atom is 0.330 e. The Labute approximate surface area is 98.5 Å². The smallest absolute Gasteiger partial charge is 0.330 e. The van der Waals surface area contributed by atoms with Crippen LogP contribution in [-0.2, 0) is 9.53 Å². The zero-order valence-electron chi connectivity index (χ0n) is 10.4.